The van der Waals surface area contributed by atoms with Crippen molar-refractivity contribution in [3.8, 4) is 0 Å². The van der Waals surface area contributed by atoms with Gasteiger partial charge in [-0.1, -0.05) is 35.9 Å². The van der Waals surface area contributed by atoms with E-state index in [1.165, 1.54) is 18.2 Å². The molecule has 0 fully saturated rings. The minimum atomic E-state index is -0.533. The lowest BCUT2D eigenvalue weighted by Gasteiger charge is -2.11. The smallest absolute Gasteiger partial charge is 0.146 e. The number of halogens is 4. The Labute approximate surface area is 114 Å². The minimum Gasteiger partial charge on any atom is -0.207 e. The summed E-state index contributed by atoms with van der Waals surface area (Å²) in [5, 5.41) is -0.480. The Balaban J connectivity index is 2.19. The zero-order valence-corrected chi connectivity index (χ0v) is 10.8. The Kier molecular flexibility index (Phi) is 4.20. The lowest BCUT2D eigenvalue weighted by atomic mass is 10.0. The van der Waals surface area contributed by atoms with Crippen molar-refractivity contribution in [3.05, 3.63) is 70.2 Å². The molecule has 0 aromatic heterocycles. The third-order valence-electron chi connectivity index (χ3n) is 2.65. The van der Waals surface area contributed by atoms with E-state index >= 15 is 0 Å². The number of hydrogen-bond donors (Lipinski definition) is 0. The van der Waals surface area contributed by atoms with Gasteiger partial charge in [0, 0.05) is 5.56 Å². The fourth-order valence-corrected chi connectivity index (χ4v) is 2.23. The van der Waals surface area contributed by atoms with Crippen LogP contribution in [0.2, 0.25) is 5.02 Å². The largest absolute Gasteiger partial charge is 0.207 e. The molecule has 0 aliphatic rings. The molecule has 94 valence electrons. The molecule has 0 nitrogen and oxygen atoms in total. The van der Waals surface area contributed by atoms with Crippen LogP contribution in [0, 0.1) is 11.6 Å². The fraction of sp³-hybridized carbons (Fsp3) is 0.143. The van der Waals surface area contributed by atoms with E-state index in [1.54, 1.807) is 24.3 Å². The molecular weight excluding hydrogens is 277 g/mol. The lowest BCUT2D eigenvalue weighted by Crippen LogP contribution is -1.99. The van der Waals surface area contributed by atoms with Crippen molar-refractivity contribution in [1.82, 2.24) is 0 Å². The summed E-state index contributed by atoms with van der Waals surface area (Å²) in [6.45, 7) is 0. The van der Waals surface area contributed by atoms with Crippen molar-refractivity contribution in [2.45, 2.75) is 11.8 Å². The first kappa shape index (κ1) is 13.3. The van der Waals surface area contributed by atoms with Crippen LogP contribution in [0.4, 0.5) is 8.78 Å². The first-order valence-electron chi connectivity index (χ1n) is 5.40. The Morgan fingerprint density at radius 1 is 1.00 bits per heavy atom. The third kappa shape index (κ3) is 3.01. The first-order chi connectivity index (χ1) is 8.58. The fourth-order valence-electron chi connectivity index (χ4n) is 1.70. The molecule has 0 heterocycles. The SMILES string of the molecule is Fc1ccc(CC(Cl)c2cccc(Cl)c2F)cc1. The van der Waals surface area contributed by atoms with E-state index in [0.29, 0.717) is 12.0 Å². The van der Waals surface area contributed by atoms with Crippen molar-refractivity contribution in [2.24, 2.45) is 0 Å². The summed E-state index contributed by atoms with van der Waals surface area (Å²) >= 11 is 11.9. The van der Waals surface area contributed by atoms with Gasteiger partial charge in [-0.15, -0.1) is 11.6 Å². The van der Waals surface area contributed by atoms with Gasteiger partial charge >= 0.3 is 0 Å². The highest BCUT2D eigenvalue weighted by atomic mass is 35.5. The van der Waals surface area contributed by atoms with Crippen molar-refractivity contribution < 1.29 is 8.78 Å². The highest BCUT2D eigenvalue weighted by Crippen LogP contribution is 2.30. The molecule has 0 radical (unpaired) electrons. The van der Waals surface area contributed by atoms with Gasteiger partial charge in [-0.05, 0) is 30.2 Å². The van der Waals surface area contributed by atoms with Crippen LogP contribution in [0.15, 0.2) is 42.5 Å². The van der Waals surface area contributed by atoms with Gasteiger partial charge in [0.25, 0.3) is 0 Å². The molecule has 2 aromatic carbocycles. The molecule has 0 amide bonds. The van der Waals surface area contributed by atoms with Gasteiger partial charge in [0.1, 0.15) is 11.6 Å². The molecule has 0 N–H and O–H groups in total. The van der Waals surface area contributed by atoms with Gasteiger partial charge in [-0.2, -0.15) is 0 Å². The Hall–Kier alpha value is -1.12. The zero-order valence-electron chi connectivity index (χ0n) is 9.34. The maximum atomic E-state index is 13.7. The highest BCUT2D eigenvalue weighted by molar-refractivity contribution is 6.31. The predicted octanol–water partition coefficient (Wildman–Crippen LogP) is 5.14. The van der Waals surface area contributed by atoms with Crippen LogP contribution in [0.25, 0.3) is 0 Å². The van der Waals surface area contributed by atoms with Gasteiger partial charge in [0.2, 0.25) is 0 Å². The van der Waals surface area contributed by atoms with Crippen LogP contribution in [-0.2, 0) is 6.42 Å². The maximum Gasteiger partial charge on any atom is 0.146 e. The van der Waals surface area contributed by atoms with E-state index in [0.717, 1.165) is 5.56 Å². The molecule has 0 spiro atoms. The zero-order chi connectivity index (χ0) is 13.1. The van der Waals surface area contributed by atoms with E-state index in [9.17, 15) is 8.78 Å². The second kappa shape index (κ2) is 5.68. The molecule has 1 atom stereocenters. The molecule has 0 aliphatic carbocycles. The quantitative estimate of drug-likeness (QED) is 0.685. The van der Waals surface area contributed by atoms with Gasteiger partial charge in [-0.25, -0.2) is 8.78 Å². The molecule has 4 heteroatoms. The number of rotatable bonds is 3. The van der Waals surface area contributed by atoms with Crippen LogP contribution in [-0.4, -0.2) is 0 Å². The summed E-state index contributed by atoms with van der Waals surface area (Å²) in [7, 11) is 0. The van der Waals surface area contributed by atoms with E-state index in [-0.39, 0.29) is 10.8 Å². The van der Waals surface area contributed by atoms with Crippen molar-refractivity contribution >= 4 is 23.2 Å². The molecule has 2 rings (SSSR count). The van der Waals surface area contributed by atoms with Crippen LogP contribution in [0.1, 0.15) is 16.5 Å². The monoisotopic (exact) mass is 286 g/mol. The summed E-state index contributed by atoms with van der Waals surface area (Å²) < 4.78 is 26.5. The average Bonchev–Trinajstić information content (AvgIpc) is 2.35. The Morgan fingerprint density at radius 3 is 2.33 bits per heavy atom. The van der Waals surface area contributed by atoms with Crippen molar-refractivity contribution in [2.75, 3.05) is 0 Å². The van der Waals surface area contributed by atoms with E-state index in [4.69, 9.17) is 23.2 Å². The number of benzene rings is 2. The molecule has 0 saturated heterocycles. The normalized spacial score (nSPS) is 12.4. The Bertz CT molecular complexity index is 538. The number of hydrogen-bond acceptors (Lipinski definition) is 0. The van der Waals surface area contributed by atoms with Crippen LogP contribution >= 0.6 is 23.2 Å². The van der Waals surface area contributed by atoms with Crippen LogP contribution in [0.3, 0.4) is 0 Å². The summed E-state index contributed by atoms with van der Waals surface area (Å²) in [5.41, 5.74) is 1.20. The standard InChI is InChI=1S/C14H10Cl2F2/c15-12-3-1-2-11(14(12)18)13(16)8-9-4-6-10(17)7-5-9/h1-7,13H,8H2. The molecule has 0 aliphatic heterocycles. The van der Waals surface area contributed by atoms with Crippen LogP contribution in [0.5, 0.6) is 0 Å². The molecular formula is C14H10Cl2F2. The lowest BCUT2D eigenvalue weighted by molar-refractivity contribution is 0.605. The third-order valence-corrected chi connectivity index (χ3v) is 3.33. The topological polar surface area (TPSA) is 0 Å². The minimum absolute atomic E-state index is 0.0530. The van der Waals surface area contributed by atoms with Gasteiger partial charge in [-0.3, -0.25) is 0 Å². The molecule has 0 saturated carbocycles. The predicted molar refractivity (Wildman–Crippen MR) is 70.1 cm³/mol. The van der Waals surface area contributed by atoms with Gasteiger partial charge < -0.3 is 0 Å². The summed E-state index contributed by atoms with van der Waals surface area (Å²) in [6.07, 6.45) is 0.416. The first-order valence-corrected chi connectivity index (χ1v) is 6.22. The van der Waals surface area contributed by atoms with E-state index < -0.39 is 11.2 Å². The molecule has 2 aromatic rings. The van der Waals surface area contributed by atoms with E-state index in [2.05, 4.69) is 0 Å². The molecule has 18 heavy (non-hydrogen) atoms. The summed E-state index contributed by atoms with van der Waals surface area (Å²) in [4.78, 5) is 0. The second-order valence-electron chi connectivity index (χ2n) is 3.94. The molecule has 1 unspecified atom stereocenters. The van der Waals surface area contributed by atoms with Gasteiger partial charge in [0.05, 0.1) is 10.4 Å². The van der Waals surface area contributed by atoms with Crippen LogP contribution < -0.4 is 0 Å². The second-order valence-corrected chi connectivity index (χ2v) is 4.88. The summed E-state index contributed by atoms with van der Waals surface area (Å²) in [6, 6.07) is 10.7. The van der Waals surface area contributed by atoms with E-state index in [1.807, 2.05) is 0 Å². The highest BCUT2D eigenvalue weighted by Gasteiger charge is 2.15. The average molecular weight is 287 g/mol. The Morgan fingerprint density at radius 2 is 1.67 bits per heavy atom. The van der Waals surface area contributed by atoms with Gasteiger partial charge in [0.15, 0.2) is 0 Å². The van der Waals surface area contributed by atoms with Crippen molar-refractivity contribution in [1.29, 1.82) is 0 Å². The maximum absolute atomic E-state index is 13.7. The number of alkyl halides is 1. The van der Waals surface area contributed by atoms with Crippen molar-refractivity contribution in [3.63, 3.8) is 0 Å². The summed E-state index contributed by atoms with van der Waals surface area (Å²) in [5.74, 6) is -0.805. The molecule has 0 bridgehead atoms.